The number of thioether (sulfide) groups is 1. The molecule has 0 fully saturated rings. The van der Waals surface area contributed by atoms with Gasteiger partial charge in [-0.3, -0.25) is 4.79 Å². The number of nitrogens with one attached hydrogen (secondary N) is 1. The lowest BCUT2D eigenvalue weighted by atomic mass is 10.1. The predicted molar refractivity (Wildman–Crippen MR) is 81.5 cm³/mol. The number of aromatic nitrogens is 1. The van der Waals surface area contributed by atoms with Gasteiger partial charge >= 0.3 is 0 Å². The number of hydrogen-bond donors (Lipinski definition) is 1. The van der Waals surface area contributed by atoms with Crippen LogP contribution in [0.25, 0.3) is 11.3 Å². The van der Waals surface area contributed by atoms with Crippen LogP contribution in [0, 0.1) is 6.92 Å². The smallest absolute Gasteiger partial charge is 0.221 e. The standard InChI is InChI=1S/C15H18N2O2S/c1-11-13(10-16-14(18)8-9-20-2)15(17-19-11)12-6-4-3-5-7-12/h3-7H,8-10H2,1-2H3,(H,16,18). The molecule has 1 heterocycles. The summed E-state index contributed by atoms with van der Waals surface area (Å²) in [5.41, 5.74) is 2.74. The Morgan fingerprint density at radius 1 is 1.35 bits per heavy atom. The van der Waals surface area contributed by atoms with E-state index in [-0.39, 0.29) is 5.91 Å². The first-order valence-electron chi connectivity index (χ1n) is 6.48. The number of carbonyl (C=O) groups is 1. The number of rotatable bonds is 6. The van der Waals surface area contributed by atoms with Gasteiger partial charge in [-0.25, -0.2) is 0 Å². The summed E-state index contributed by atoms with van der Waals surface area (Å²) in [6, 6.07) is 9.84. The molecule has 20 heavy (non-hydrogen) atoms. The number of hydrogen-bond acceptors (Lipinski definition) is 4. The Morgan fingerprint density at radius 2 is 2.10 bits per heavy atom. The second-order valence-electron chi connectivity index (χ2n) is 4.45. The van der Waals surface area contributed by atoms with E-state index in [4.69, 9.17) is 4.52 Å². The molecule has 0 saturated carbocycles. The number of nitrogens with zero attached hydrogens (tertiary/aromatic N) is 1. The Bertz CT molecular complexity index is 567. The zero-order chi connectivity index (χ0) is 14.4. The monoisotopic (exact) mass is 290 g/mol. The van der Waals surface area contributed by atoms with Gasteiger partial charge in [0.1, 0.15) is 11.5 Å². The van der Waals surface area contributed by atoms with Crippen LogP contribution in [0.4, 0.5) is 0 Å². The molecule has 0 aliphatic rings. The highest BCUT2D eigenvalue weighted by Crippen LogP contribution is 2.24. The molecule has 0 unspecified atom stereocenters. The summed E-state index contributed by atoms with van der Waals surface area (Å²) < 4.78 is 5.26. The highest BCUT2D eigenvalue weighted by molar-refractivity contribution is 7.98. The number of carbonyl (C=O) groups excluding carboxylic acids is 1. The SMILES string of the molecule is CSCCC(=O)NCc1c(-c2ccccc2)noc1C. The molecule has 0 aliphatic carbocycles. The molecule has 0 atom stereocenters. The molecule has 0 saturated heterocycles. The van der Waals surface area contributed by atoms with Crippen LogP contribution in [0.15, 0.2) is 34.9 Å². The van der Waals surface area contributed by atoms with E-state index in [9.17, 15) is 4.79 Å². The third-order valence-corrected chi connectivity index (χ3v) is 3.64. The first-order valence-corrected chi connectivity index (χ1v) is 7.88. The van der Waals surface area contributed by atoms with E-state index in [0.717, 1.165) is 28.3 Å². The van der Waals surface area contributed by atoms with Gasteiger partial charge in [0.2, 0.25) is 5.91 Å². The molecule has 1 N–H and O–H groups in total. The molecule has 1 aromatic heterocycles. The minimum atomic E-state index is 0.0546. The van der Waals surface area contributed by atoms with Crippen LogP contribution < -0.4 is 5.32 Å². The van der Waals surface area contributed by atoms with E-state index in [1.54, 1.807) is 11.8 Å². The molecular formula is C15H18N2O2S. The van der Waals surface area contributed by atoms with E-state index in [1.165, 1.54) is 0 Å². The van der Waals surface area contributed by atoms with Crippen molar-refractivity contribution in [3.05, 3.63) is 41.7 Å². The summed E-state index contributed by atoms with van der Waals surface area (Å²) in [4.78, 5) is 11.7. The highest BCUT2D eigenvalue weighted by atomic mass is 32.2. The Balaban J connectivity index is 2.09. The van der Waals surface area contributed by atoms with Gasteiger partial charge in [0, 0.05) is 29.8 Å². The number of benzene rings is 1. The highest BCUT2D eigenvalue weighted by Gasteiger charge is 2.15. The van der Waals surface area contributed by atoms with Gasteiger partial charge in [0.25, 0.3) is 0 Å². The fourth-order valence-electron chi connectivity index (χ4n) is 1.89. The number of amides is 1. The van der Waals surface area contributed by atoms with Crippen LogP contribution in [0.2, 0.25) is 0 Å². The maximum atomic E-state index is 11.7. The molecule has 0 aliphatic heterocycles. The van der Waals surface area contributed by atoms with Crippen molar-refractivity contribution in [3.8, 4) is 11.3 Å². The topological polar surface area (TPSA) is 55.1 Å². The fraction of sp³-hybridized carbons (Fsp3) is 0.333. The summed E-state index contributed by atoms with van der Waals surface area (Å²) >= 11 is 1.66. The second kappa shape index (κ2) is 7.14. The lowest BCUT2D eigenvalue weighted by molar-refractivity contribution is -0.120. The molecule has 0 bridgehead atoms. The third-order valence-electron chi connectivity index (χ3n) is 3.03. The molecule has 106 valence electrons. The lowest BCUT2D eigenvalue weighted by Gasteiger charge is -2.05. The normalized spacial score (nSPS) is 10.5. The Hall–Kier alpha value is -1.75. The van der Waals surface area contributed by atoms with Crippen molar-refractivity contribution in [2.45, 2.75) is 19.9 Å². The van der Waals surface area contributed by atoms with Crippen molar-refractivity contribution >= 4 is 17.7 Å². The maximum absolute atomic E-state index is 11.7. The molecule has 0 radical (unpaired) electrons. The van der Waals surface area contributed by atoms with Crippen molar-refractivity contribution < 1.29 is 9.32 Å². The lowest BCUT2D eigenvalue weighted by Crippen LogP contribution is -2.23. The van der Waals surface area contributed by atoms with Gasteiger partial charge in [-0.2, -0.15) is 11.8 Å². The minimum Gasteiger partial charge on any atom is -0.361 e. The largest absolute Gasteiger partial charge is 0.361 e. The summed E-state index contributed by atoms with van der Waals surface area (Å²) in [5, 5.41) is 7.01. The van der Waals surface area contributed by atoms with Crippen molar-refractivity contribution in [1.82, 2.24) is 10.5 Å². The van der Waals surface area contributed by atoms with Crippen molar-refractivity contribution in [2.75, 3.05) is 12.0 Å². The van der Waals surface area contributed by atoms with Gasteiger partial charge in [-0.15, -0.1) is 0 Å². The molecule has 5 heteroatoms. The van der Waals surface area contributed by atoms with E-state index in [2.05, 4.69) is 10.5 Å². The average molecular weight is 290 g/mol. The van der Waals surface area contributed by atoms with E-state index in [0.29, 0.717) is 13.0 Å². The number of aryl methyl sites for hydroxylation is 1. The zero-order valence-electron chi connectivity index (χ0n) is 11.7. The molecule has 2 rings (SSSR count). The minimum absolute atomic E-state index is 0.0546. The summed E-state index contributed by atoms with van der Waals surface area (Å²) in [6.45, 7) is 2.32. The Labute approximate surface area is 122 Å². The molecule has 2 aromatic rings. The Kier molecular flexibility index (Phi) is 5.24. The van der Waals surface area contributed by atoms with Crippen molar-refractivity contribution in [3.63, 3.8) is 0 Å². The van der Waals surface area contributed by atoms with Crippen LogP contribution in [0.5, 0.6) is 0 Å². The Morgan fingerprint density at radius 3 is 2.80 bits per heavy atom. The van der Waals surface area contributed by atoms with E-state index >= 15 is 0 Å². The van der Waals surface area contributed by atoms with Gasteiger partial charge in [0.15, 0.2) is 0 Å². The molecular weight excluding hydrogens is 272 g/mol. The van der Waals surface area contributed by atoms with Gasteiger partial charge < -0.3 is 9.84 Å². The second-order valence-corrected chi connectivity index (χ2v) is 5.44. The van der Waals surface area contributed by atoms with Crippen molar-refractivity contribution in [1.29, 1.82) is 0 Å². The molecule has 1 amide bonds. The van der Waals surface area contributed by atoms with E-state index < -0.39 is 0 Å². The first kappa shape index (κ1) is 14.7. The van der Waals surface area contributed by atoms with Gasteiger partial charge in [-0.05, 0) is 13.2 Å². The predicted octanol–water partition coefficient (Wildman–Crippen LogP) is 3.02. The van der Waals surface area contributed by atoms with Crippen LogP contribution in [0.1, 0.15) is 17.7 Å². The van der Waals surface area contributed by atoms with Crippen molar-refractivity contribution in [2.24, 2.45) is 0 Å². The third kappa shape index (κ3) is 3.63. The first-order chi connectivity index (χ1) is 9.72. The molecule has 1 aromatic carbocycles. The summed E-state index contributed by atoms with van der Waals surface area (Å²) in [5.74, 6) is 1.63. The maximum Gasteiger partial charge on any atom is 0.221 e. The van der Waals surface area contributed by atoms with Crippen LogP contribution >= 0.6 is 11.8 Å². The summed E-state index contributed by atoms with van der Waals surface area (Å²) in [6.07, 6.45) is 2.52. The van der Waals surface area contributed by atoms with Crippen LogP contribution in [-0.2, 0) is 11.3 Å². The molecule has 0 spiro atoms. The molecule has 4 nitrogen and oxygen atoms in total. The van der Waals surface area contributed by atoms with Gasteiger partial charge in [-0.1, -0.05) is 35.5 Å². The van der Waals surface area contributed by atoms with E-state index in [1.807, 2.05) is 43.5 Å². The fourth-order valence-corrected chi connectivity index (χ4v) is 2.28. The van der Waals surface area contributed by atoms with Crippen LogP contribution in [0.3, 0.4) is 0 Å². The zero-order valence-corrected chi connectivity index (χ0v) is 12.5. The summed E-state index contributed by atoms with van der Waals surface area (Å²) in [7, 11) is 0. The quantitative estimate of drug-likeness (QED) is 0.888. The van der Waals surface area contributed by atoms with Gasteiger partial charge in [0.05, 0.1) is 0 Å². The van der Waals surface area contributed by atoms with Crippen LogP contribution in [-0.4, -0.2) is 23.1 Å². The average Bonchev–Trinajstić information content (AvgIpc) is 2.85.